The first-order chi connectivity index (χ1) is 9.95. The number of aromatic nitrogens is 1. The van der Waals surface area contributed by atoms with E-state index in [0.717, 1.165) is 30.8 Å². The lowest BCUT2D eigenvalue weighted by Crippen LogP contribution is -2.48. The molecule has 0 saturated carbocycles. The van der Waals surface area contributed by atoms with Gasteiger partial charge in [0.1, 0.15) is 5.69 Å². The van der Waals surface area contributed by atoms with Crippen LogP contribution in [0.1, 0.15) is 59.3 Å². The molecule has 2 unspecified atom stereocenters. The maximum atomic E-state index is 12.6. The summed E-state index contributed by atoms with van der Waals surface area (Å²) < 4.78 is 0. The van der Waals surface area contributed by atoms with Crippen LogP contribution in [0, 0.1) is 12.8 Å². The van der Waals surface area contributed by atoms with Gasteiger partial charge in [-0.25, -0.2) is 0 Å². The van der Waals surface area contributed by atoms with Gasteiger partial charge in [-0.3, -0.25) is 9.59 Å². The Kier molecular flexibility index (Phi) is 4.83. The van der Waals surface area contributed by atoms with Gasteiger partial charge in [-0.2, -0.15) is 0 Å². The molecule has 0 bridgehead atoms. The zero-order chi connectivity index (χ0) is 15.6. The van der Waals surface area contributed by atoms with E-state index in [1.165, 1.54) is 0 Å². The molecule has 5 heteroatoms. The summed E-state index contributed by atoms with van der Waals surface area (Å²) in [5, 5.41) is 6.44. The molecule has 5 nitrogen and oxygen atoms in total. The SMILES string of the molecule is CCc1c(C(=O)NC2CCNCC2C)[nH]c(C)c1C(C)=O. The molecule has 0 aliphatic carbocycles. The Morgan fingerprint density at radius 3 is 2.67 bits per heavy atom. The van der Waals surface area contributed by atoms with Gasteiger partial charge in [-0.15, -0.1) is 0 Å². The standard InChI is InChI=1S/C16H25N3O2/c1-5-12-14(11(4)20)10(3)18-15(12)16(21)19-13-6-7-17-8-9(13)2/h9,13,17-18H,5-8H2,1-4H3,(H,19,21). The van der Waals surface area contributed by atoms with Gasteiger partial charge in [0.05, 0.1) is 0 Å². The Hall–Kier alpha value is -1.62. The lowest BCUT2D eigenvalue weighted by Gasteiger charge is -2.30. The van der Waals surface area contributed by atoms with Crippen molar-refractivity contribution in [2.45, 2.75) is 46.6 Å². The van der Waals surface area contributed by atoms with Crippen molar-refractivity contribution in [3.63, 3.8) is 0 Å². The smallest absolute Gasteiger partial charge is 0.268 e. The highest BCUT2D eigenvalue weighted by Gasteiger charge is 2.26. The molecule has 0 radical (unpaired) electrons. The highest BCUT2D eigenvalue weighted by atomic mass is 16.2. The van der Waals surface area contributed by atoms with Crippen molar-refractivity contribution in [3.8, 4) is 0 Å². The fourth-order valence-electron chi connectivity index (χ4n) is 3.17. The molecule has 1 amide bonds. The second kappa shape index (κ2) is 6.43. The zero-order valence-corrected chi connectivity index (χ0v) is 13.3. The lowest BCUT2D eigenvalue weighted by molar-refractivity contribution is 0.0908. The Morgan fingerprint density at radius 2 is 2.10 bits per heavy atom. The summed E-state index contributed by atoms with van der Waals surface area (Å²) in [6.07, 6.45) is 1.61. The molecule has 3 N–H and O–H groups in total. The van der Waals surface area contributed by atoms with E-state index in [-0.39, 0.29) is 17.7 Å². The number of hydrogen-bond acceptors (Lipinski definition) is 3. The fourth-order valence-corrected chi connectivity index (χ4v) is 3.17. The Balaban J connectivity index is 2.23. The van der Waals surface area contributed by atoms with E-state index < -0.39 is 0 Å². The Morgan fingerprint density at radius 1 is 1.38 bits per heavy atom. The van der Waals surface area contributed by atoms with Crippen LogP contribution < -0.4 is 10.6 Å². The zero-order valence-electron chi connectivity index (χ0n) is 13.3. The van der Waals surface area contributed by atoms with Crippen molar-refractivity contribution in [2.24, 2.45) is 5.92 Å². The molecule has 116 valence electrons. The third-order valence-corrected chi connectivity index (χ3v) is 4.33. The van der Waals surface area contributed by atoms with Crippen molar-refractivity contribution >= 4 is 11.7 Å². The molecule has 1 aliphatic rings. The van der Waals surface area contributed by atoms with E-state index in [4.69, 9.17) is 0 Å². The minimum absolute atomic E-state index is 0.00915. The number of carbonyl (C=O) groups is 2. The van der Waals surface area contributed by atoms with Crippen LogP contribution in [0.15, 0.2) is 0 Å². The van der Waals surface area contributed by atoms with Gasteiger partial charge < -0.3 is 15.6 Å². The molecule has 1 fully saturated rings. The average molecular weight is 291 g/mol. The molecular weight excluding hydrogens is 266 g/mol. The number of nitrogens with one attached hydrogen (secondary N) is 3. The number of piperidine rings is 1. The van der Waals surface area contributed by atoms with Crippen LogP contribution in [0.25, 0.3) is 0 Å². The van der Waals surface area contributed by atoms with Crippen LogP contribution in [-0.4, -0.2) is 35.8 Å². The number of hydrogen-bond donors (Lipinski definition) is 3. The summed E-state index contributed by atoms with van der Waals surface area (Å²) in [5.74, 6) is 0.326. The molecule has 0 aromatic carbocycles. The van der Waals surface area contributed by atoms with Gasteiger partial charge in [0.2, 0.25) is 0 Å². The molecule has 1 aliphatic heterocycles. The third kappa shape index (κ3) is 3.18. The number of rotatable bonds is 4. The van der Waals surface area contributed by atoms with Gasteiger partial charge in [0.25, 0.3) is 5.91 Å². The van der Waals surface area contributed by atoms with Crippen molar-refractivity contribution in [3.05, 3.63) is 22.5 Å². The molecule has 0 spiro atoms. The predicted molar refractivity (Wildman–Crippen MR) is 82.8 cm³/mol. The number of H-pyrrole nitrogens is 1. The number of ketones is 1. The minimum atomic E-state index is -0.0961. The van der Waals surface area contributed by atoms with E-state index >= 15 is 0 Å². The quantitative estimate of drug-likeness (QED) is 0.741. The molecule has 21 heavy (non-hydrogen) atoms. The molecule has 1 saturated heterocycles. The van der Waals surface area contributed by atoms with Crippen LogP contribution in [0.4, 0.5) is 0 Å². The average Bonchev–Trinajstić information content (AvgIpc) is 2.78. The monoisotopic (exact) mass is 291 g/mol. The number of aromatic amines is 1. The van der Waals surface area contributed by atoms with Gasteiger partial charge in [0.15, 0.2) is 5.78 Å². The summed E-state index contributed by atoms with van der Waals surface area (Å²) >= 11 is 0. The van der Waals surface area contributed by atoms with Crippen LogP contribution in [0.2, 0.25) is 0 Å². The molecule has 1 aromatic rings. The summed E-state index contributed by atoms with van der Waals surface area (Å²) in [4.78, 5) is 27.4. The number of Topliss-reactive ketones (excluding diaryl/α,β-unsaturated/α-hetero) is 1. The summed E-state index contributed by atoms with van der Waals surface area (Å²) in [5.41, 5.74) is 2.83. The number of carbonyl (C=O) groups excluding carboxylic acids is 2. The maximum absolute atomic E-state index is 12.6. The molecule has 2 atom stereocenters. The van der Waals surface area contributed by atoms with Gasteiger partial charge >= 0.3 is 0 Å². The highest BCUT2D eigenvalue weighted by molar-refractivity contribution is 6.02. The van der Waals surface area contributed by atoms with Crippen molar-refractivity contribution < 1.29 is 9.59 Å². The minimum Gasteiger partial charge on any atom is -0.354 e. The Labute approximate surface area is 125 Å². The highest BCUT2D eigenvalue weighted by Crippen LogP contribution is 2.21. The first-order valence-electron chi connectivity index (χ1n) is 7.69. The van der Waals surface area contributed by atoms with E-state index in [2.05, 4.69) is 22.5 Å². The maximum Gasteiger partial charge on any atom is 0.268 e. The van der Waals surface area contributed by atoms with Crippen LogP contribution in [0.3, 0.4) is 0 Å². The second-order valence-electron chi connectivity index (χ2n) is 5.94. The van der Waals surface area contributed by atoms with Crippen molar-refractivity contribution in [1.29, 1.82) is 0 Å². The van der Waals surface area contributed by atoms with Crippen LogP contribution >= 0.6 is 0 Å². The first-order valence-corrected chi connectivity index (χ1v) is 7.69. The summed E-state index contributed by atoms with van der Waals surface area (Å²) in [6, 6.07) is 0.188. The summed E-state index contributed by atoms with van der Waals surface area (Å²) in [7, 11) is 0. The number of amides is 1. The van der Waals surface area contributed by atoms with Gasteiger partial charge in [0, 0.05) is 17.3 Å². The largest absolute Gasteiger partial charge is 0.354 e. The van der Waals surface area contributed by atoms with Gasteiger partial charge in [-0.05, 0) is 51.3 Å². The number of aryl methyl sites for hydroxylation is 1. The molecule has 2 rings (SSSR count). The first kappa shape index (κ1) is 15.8. The van der Waals surface area contributed by atoms with E-state index in [9.17, 15) is 9.59 Å². The molecule has 2 heterocycles. The van der Waals surface area contributed by atoms with Crippen LogP contribution in [0.5, 0.6) is 0 Å². The summed E-state index contributed by atoms with van der Waals surface area (Å²) in [6.45, 7) is 9.36. The normalized spacial score (nSPS) is 22.1. The van der Waals surface area contributed by atoms with Gasteiger partial charge in [-0.1, -0.05) is 13.8 Å². The third-order valence-electron chi connectivity index (χ3n) is 4.33. The molecular formula is C16H25N3O2. The second-order valence-corrected chi connectivity index (χ2v) is 5.94. The van der Waals surface area contributed by atoms with Crippen molar-refractivity contribution in [2.75, 3.05) is 13.1 Å². The fraction of sp³-hybridized carbons (Fsp3) is 0.625. The molecule has 1 aromatic heterocycles. The van der Waals surface area contributed by atoms with E-state index in [1.807, 2.05) is 13.8 Å². The predicted octanol–water partition coefficient (Wildman–Crippen LogP) is 1.82. The topological polar surface area (TPSA) is 74.0 Å². The Bertz CT molecular complexity index is 548. The lowest BCUT2D eigenvalue weighted by atomic mass is 9.95. The van der Waals surface area contributed by atoms with Crippen molar-refractivity contribution in [1.82, 2.24) is 15.6 Å². The van der Waals surface area contributed by atoms with E-state index in [0.29, 0.717) is 23.6 Å². The van der Waals surface area contributed by atoms with E-state index in [1.54, 1.807) is 6.92 Å². The van der Waals surface area contributed by atoms with Crippen LogP contribution in [-0.2, 0) is 6.42 Å².